The Bertz CT molecular complexity index is 467. The minimum Gasteiger partial charge on any atom is -0.490 e. The number of aliphatic hydroxyl groups is 1. The Hall–Kier alpha value is -1.06. The van der Waals surface area contributed by atoms with Gasteiger partial charge in [0.2, 0.25) is 0 Å². The molecule has 1 atom stereocenters. The van der Waals surface area contributed by atoms with Gasteiger partial charge in [-0.15, -0.1) is 0 Å². The molecule has 21 heavy (non-hydrogen) atoms. The van der Waals surface area contributed by atoms with E-state index in [1.54, 1.807) is 0 Å². The standard InChI is InChI=1S/C18H29NO2/c1-12(2)18(5,20)11-21-17-13(3)8-15(9-14(17)4)10-19-16-6-7-16/h8-9,12,16,19-20H,6-7,10-11H2,1-5H3. The fourth-order valence-corrected chi connectivity index (χ4v) is 2.30. The van der Waals surface area contributed by atoms with Crippen molar-refractivity contribution < 1.29 is 9.84 Å². The molecule has 1 fully saturated rings. The third-order valence-electron chi connectivity index (χ3n) is 4.44. The van der Waals surface area contributed by atoms with E-state index in [-0.39, 0.29) is 5.92 Å². The highest BCUT2D eigenvalue weighted by Crippen LogP contribution is 2.27. The topological polar surface area (TPSA) is 41.5 Å². The Labute approximate surface area is 128 Å². The van der Waals surface area contributed by atoms with Gasteiger partial charge in [-0.3, -0.25) is 0 Å². The smallest absolute Gasteiger partial charge is 0.125 e. The van der Waals surface area contributed by atoms with Crippen molar-refractivity contribution in [3.8, 4) is 5.75 Å². The number of hydrogen-bond donors (Lipinski definition) is 2. The summed E-state index contributed by atoms with van der Waals surface area (Å²) in [4.78, 5) is 0. The van der Waals surface area contributed by atoms with E-state index in [1.807, 2.05) is 20.8 Å². The predicted octanol–water partition coefficient (Wildman–Crippen LogP) is 3.34. The van der Waals surface area contributed by atoms with Crippen molar-refractivity contribution in [2.24, 2.45) is 5.92 Å². The molecule has 1 unspecified atom stereocenters. The zero-order chi connectivity index (χ0) is 15.6. The van der Waals surface area contributed by atoms with Crippen LogP contribution in [0.4, 0.5) is 0 Å². The van der Waals surface area contributed by atoms with Crippen LogP contribution in [0.25, 0.3) is 0 Å². The van der Waals surface area contributed by atoms with Crippen molar-refractivity contribution in [2.75, 3.05) is 6.61 Å². The molecule has 0 amide bonds. The van der Waals surface area contributed by atoms with Crippen LogP contribution in [0, 0.1) is 19.8 Å². The molecular weight excluding hydrogens is 262 g/mol. The highest BCUT2D eigenvalue weighted by molar-refractivity contribution is 5.43. The van der Waals surface area contributed by atoms with Gasteiger partial charge in [0.15, 0.2) is 0 Å². The normalized spacial score (nSPS) is 17.9. The molecule has 1 aromatic carbocycles. The van der Waals surface area contributed by atoms with Crippen molar-refractivity contribution in [1.29, 1.82) is 0 Å². The SMILES string of the molecule is Cc1cc(CNC2CC2)cc(C)c1OCC(C)(O)C(C)C. The van der Waals surface area contributed by atoms with Gasteiger partial charge in [-0.25, -0.2) is 0 Å². The van der Waals surface area contributed by atoms with Crippen LogP contribution in [0.3, 0.4) is 0 Å². The lowest BCUT2D eigenvalue weighted by Gasteiger charge is -2.28. The number of ether oxygens (including phenoxy) is 1. The molecule has 0 spiro atoms. The van der Waals surface area contributed by atoms with Crippen LogP contribution >= 0.6 is 0 Å². The number of nitrogens with one attached hydrogen (secondary N) is 1. The molecule has 3 heteroatoms. The monoisotopic (exact) mass is 291 g/mol. The molecule has 1 aliphatic rings. The molecule has 0 radical (unpaired) electrons. The Morgan fingerprint density at radius 1 is 1.29 bits per heavy atom. The molecule has 1 aromatic rings. The van der Waals surface area contributed by atoms with Crippen molar-refractivity contribution in [3.63, 3.8) is 0 Å². The number of rotatable bonds is 7. The molecule has 0 saturated heterocycles. The summed E-state index contributed by atoms with van der Waals surface area (Å²) in [6, 6.07) is 5.09. The summed E-state index contributed by atoms with van der Waals surface area (Å²) in [7, 11) is 0. The molecule has 0 heterocycles. The Balaban J connectivity index is 2.02. The summed E-state index contributed by atoms with van der Waals surface area (Å²) in [6.07, 6.45) is 2.62. The number of hydrogen-bond acceptors (Lipinski definition) is 3. The molecule has 0 aromatic heterocycles. The van der Waals surface area contributed by atoms with Gasteiger partial charge in [0.1, 0.15) is 12.4 Å². The maximum Gasteiger partial charge on any atom is 0.125 e. The second-order valence-corrected chi connectivity index (χ2v) is 7.01. The van der Waals surface area contributed by atoms with Gasteiger partial charge in [0.25, 0.3) is 0 Å². The van der Waals surface area contributed by atoms with E-state index in [4.69, 9.17) is 4.74 Å². The van der Waals surface area contributed by atoms with Crippen molar-refractivity contribution in [2.45, 2.75) is 65.6 Å². The largest absolute Gasteiger partial charge is 0.490 e. The third-order valence-corrected chi connectivity index (χ3v) is 4.44. The number of benzene rings is 1. The fourth-order valence-electron chi connectivity index (χ4n) is 2.30. The lowest BCUT2D eigenvalue weighted by molar-refractivity contribution is -0.0269. The van der Waals surface area contributed by atoms with Gasteiger partial charge in [-0.05, 0) is 56.2 Å². The van der Waals surface area contributed by atoms with Crippen molar-refractivity contribution in [1.82, 2.24) is 5.32 Å². The summed E-state index contributed by atoms with van der Waals surface area (Å²) in [5, 5.41) is 13.8. The minimum absolute atomic E-state index is 0.167. The second kappa shape index (κ2) is 6.37. The van der Waals surface area contributed by atoms with Gasteiger partial charge in [0, 0.05) is 12.6 Å². The van der Waals surface area contributed by atoms with E-state index in [0.29, 0.717) is 6.61 Å². The van der Waals surface area contributed by atoms with E-state index in [1.165, 1.54) is 18.4 Å². The van der Waals surface area contributed by atoms with Crippen LogP contribution in [-0.4, -0.2) is 23.4 Å². The first-order valence-electron chi connectivity index (χ1n) is 7.98. The van der Waals surface area contributed by atoms with E-state index in [0.717, 1.165) is 29.5 Å². The van der Waals surface area contributed by atoms with E-state index < -0.39 is 5.60 Å². The van der Waals surface area contributed by atoms with Gasteiger partial charge < -0.3 is 15.2 Å². The quantitative estimate of drug-likeness (QED) is 0.809. The molecule has 1 aliphatic carbocycles. The first-order chi connectivity index (χ1) is 9.79. The Morgan fingerprint density at radius 3 is 2.33 bits per heavy atom. The average molecular weight is 291 g/mol. The van der Waals surface area contributed by atoms with Crippen molar-refractivity contribution in [3.05, 3.63) is 28.8 Å². The zero-order valence-corrected chi connectivity index (χ0v) is 14.0. The Kier molecular flexibility index (Phi) is 4.95. The molecule has 3 nitrogen and oxygen atoms in total. The summed E-state index contributed by atoms with van der Waals surface area (Å²) < 4.78 is 5.92. The lowest BCUT2D eigenvalue weighted by atomic mass is 9.93. The minimum atomic E-state index is -0.801. The summed E-state index contributed by atoms with van der Waals surface area (Å²) in [6.45, 7) is 11.3. The number of aryl methyl sites for hydroxylation is 2. The maximum atomic E-state index is 10.3. The average Bonchev–Trinajstić information content (AvgIpc) is 3.19. The van der Waals surface area contributed by atoms with E-state index in [2.05, 4.69) is 31.3 Å². The van der Waals surface area contributed by atoms with Gasteiger partial charge >= 0.3 is 0 Å². The van der Waals surface area contributed by atoms with E-state index >= 15 is 0 Å². The maximum absolute atomic E-state index is 10.3. The van der Waals surface area contributed by atoms with Crippen LogP contribution in [0.1, 0.15) is 50.3 Å². The summed E-state index contributed by atoms with van der Waals surface area (Å²) in [5.74, 6) is 1.08. The Morgan fingerprint density at radius 2 is 1.86 bits per heavy atom. The van der Waals surface area contributed by atoms with Crippen LogP contribution < -0.4 is 10.1 Å². The van der Waals surface area contributed by atoms with Gasteiger partial charge in [-0.1, -0.05) is 26.0 Å². The first kappa shape index (κ1) is 16.3. The van der Waals surface area contributed by atoms with E-state index in [9.17, 15) is 5.11 Å². The molecule has 0 bridgehead atoms. The third kappa shape index (κ3) is 4.45. The molecule has 0 aliphatic heterocycles. The highest BCUT2D eigenvalue weighted by atomic mass is 16.5. The summed E-state index contributed by atoms with van der Waals surface area (Å²) >= 11 is 0. The summed E-state index contributed by atoms with van der Waals surface area (Å²) in [5.41, 5.74) is 2.79. The predicted molar refractivity (Wildman–Crippen MR) is 86.7 cm³/mol. The highest BCUT2D eigenvalue weighted by Gasteiger charge is 2.26. The molecule has 1 saturated carbocycles. The van der Waals surface area contributed by atoms with Crippen LogP contribution in [0.15, 0.2) is 12.1 Å². The van der Waals surface area contributed by atoms with Crippen LogP contribution in [0.5, 0.6) is 5.75 Å². The fraction of sp³-hybridized carbons (Fsp3) is 0.667. The van der Waals surface area contributed by atoms with Gasteiger partial charge in [-0.2, -0.15) is 0 Å². The molecule has 118 valence electrons. The molecule has 2 rings (SSSR count). The van der Waals surface area contributed by atoms with Crippen molar-refractivity contribution >= 4 is 0 Å². The van der Waals surface area contributed by atoms with Gasteiger partial charge in [0.05, 0.1) is 5.60 Å². The second-order valence-electron chi connectivity index (χ2n) is 7.01. The lowest BCUT2D eigenvalue weighted by Crippen LogP contribution is -2.38. The molecule has 2 N–H and O–H groups in total. The molecular formula is C18H29NO2. The first-order valence-corrected chi connectivity index (χ1v) is 7.98. The zero-order valence-electron chi connectivity index (χ0n) is 14.0. The van der Waals surface area contributed by atoms with Crippen LogP contribution in [0.2, 0.25) is 0 Å². The van der Waals surface area contributed by atoms with Crippen LogP contribution in [-0.2, 0) is 6.54 Å².